The van der Waals surface area contributed by atoms with Crippen molar-refractivity contribution in [1.82, 2.24) is 9.78 Å². The van der Waals surface area contributed by atoms with Crippen LogP contribution in [-0.2, 0) is 0 Å². The van der Waals surface area contributed by atoms with E-state index in [1.54, 1.807) is 25.1 Å². The van der Waals surface area contributed by atoms with Gasteiger partial charge in [-0.05, 0) is 55.8 Å². The molecule has 0 bridgehead atoms. The minimum Gasteiger partial charge on any atom is -0.306 e. The van der Waals surface area contributed by atoms with Crippen LogP contribution in [-0.4, -0.2) is 15.7 Å². The highest BCUT2D eigenvalue weighted by Gasteiger charge is 2.22. The summed E-state index contributed by atoms with van der Waals surface area (Å²) in [5, 5.41) is 6.98. The van der Waals surface area contributed by atoms with Gasteiger partial charge < -0.3 is 5.32 Å². The zero-order valence-corrected chi connectivity index (χ0v) is 17.4. The van der Waals surface area contributed by atoms with Crippen LogP contribution in [0.25, 0.3) is 16.8 Å². The number of rotatable bonds is 4. The first-order valence-corrected chi connectivity index (χ1v) is 9.88. The van der Waals surface area contributed by atoms with E-state index in [0.29, 0.717) is 11.3 Å². The number of aryl methyl sites for hydroxylation is 2. The summed E-state index contributed by atoms with van der Waals surface area (Å²) < 4.78 is 29.1. The molecule has 160 valence electrons. The van der Waals surface area contributed by atoms with E-state index in [2.05, 4.69) is 10.4 Å². The quantitative estimate of drug-likeness (QED) is 0.492. The molecule has 0 aliphatic carbocycles. The van der Waals surface area contributed by atoms with E-state index in [-0.39, 0.29) is 28.1 Å². The standard InChI is InChI=1S/C25H19F2N3O2/c1-15-7-9-17(10-8-15)22-23(31)16(2)29-30(19-13-11-18(26)12-14-19)24(22)28-25(32)20-5-3-4-6-21(20)27/h3-14H,1-2H3,(H,28,32). The van der Waals surface area contributed by atoms with Crippen molar-refractivity contribution in [3.63, 3.8) is 0 Å². The Bertz CT molecular complexity index is 1360. The van der Waals surface area contributed by atoms with Gasteiger partial charge in [0.05, 0.1) is 16.8 Å². The molecule has 3 aromatic carbocycles. The predicted octanol–water partition coefficient (Wildman–Crippen LogP) is 5.05. The van der Waals surface area contributed by atoms with Crippen LogP contribution in [0.5, 0.6) is 0 Å². The zero-order valence-electron chi connectivity index (χ0n) is 17.4. The summed E-state index contributed by atoms with van der Waals surface area (Å²) >= 11 is 0. The molecule has 1 amide bonds. The van der Waals surface area contributed by atoms with E-state index in [9.17, 15) is 18.4 Å². The number of amides is 1. The van der Waals surface area contributed by atoms with Gasteiger partial charge in [-0.1, -0.05) is 42.0 Å². The Morgan fingerprint density at radius 1 is 0.906 bits per heavy atom. The summed E-state index contributed by atoms with van der Waals surface area (Å²) in [5.74, 6) is -1.82. The van der Waals surface area contributed by atoms with Gasteiger partial charge >= 0.3 is 0 Å². The molecule has 0 aliphatic heterocycles. The SMILES string of the molecule is Cc1ccc(-c2c(NC(=O)c3ccccc3F)n(-c3ccc(F)cc3)nc(C)c2=O)cc1. The van der Waals surface area contributed by atoms with Crippen molar-refractivity contribution in [3.8, 4) is 16.8 Å². The van der Waals surface area contributed by atoms with Gasteiger partial charge in [0.25, 0.3) is 5.91 Å². The van der Waals surface area contributed by atoms with Gasteiger partial charge in [-0.15, -0.1) is 0 Å². The Labute approximate surface area is 183 Å². The second kappa shape index (κ2) is 8.55. The largest absolute Gasteiger partial charge is 0.306 e. The monoisotopic (exact) mass is 431 g/mol. The maximum atomic E-state index is 14.2. The number of nitrogens with one attached hydrogen (secondary N) is 1. The molecule has 5 nitrogen and oxygen atoms in total. The van der Waals surface area contributed by atoms with Crippen LogP contribution in [0.1, 0.15) is 21.6 Å². The summed E-state index contributed by atoms with van der Waals surface area (Å²) in [6.07, 6.45) is 0. The van der Waals surface area contributed by atoms with Crippen LogP contribution < -0.4 is 10.7 Å². The van der Waals surface area contributed by atoms with E-state index in [4.69, 9.17) is 0 Å². The van der Waals surface area contributed by atoms with Gasteiger partial charge in [0, 0.05) is 0 Å². The van der Waals surface area contributed by atoms with E-state index in [1.165, 1.54) is 47.1 Å². The molecule has 0 saturated heterocycles. The zero-order chi connectivity index (χ0) is 22.8. The van der Waals surface area contributed by atoms with Crippen LogP contribution >= 0.6 is 0 Å². The summed E-state index contributed by atoms with van der Waals surface area (Å²) in [6.45, 7) is 3.47. The molecule has 0 aliphatic rings. The number of benzene rings is 3. The van der Waals surface area contributed by atoms with Crippen molar-refractivity contribution < 1.29 is 13.6 Å². The lowest BCUT2D eigenvalue weighted by Crippen LogP contribution is -2.25. The van der Waals surface area contributed by atoms with Gasteiger partial charge in [0.15, 0.2) is 0 Å². The second-order valence-corrected chi connectivity index (χ2v) is 7.33. The van der Waals surface area contributed by atoms with Crippen LogP contribution in [0.3, 0.4) is 0 Å². The molecule has 0 atom stereocenters. The summed E-state index contributed by atoms with van der Waals surface area (Å²) in [4.78, 5) is 26.1. The van der Waals surface area contributed by atoms with Gasteiger partial charge in [-0.25, -0.2) is 13.5 Å². The molecule has 4 aromatic rings. The molecule has 1 heterocycles. The molecular formula is C25H19F2N3O2. The molecular weight excluding hydrogens is 412 g/mol. The van der Waals surface area contributed by atoms with Crippen LogP contribution in [0.4, 0.5) is 14.6 Å². The Morgan fingerprint density at radius 3 is 2.22 bits per heavy atom. The molecule has 0 radical (unpaired) electrons. The average Bonchev–Trinajstić information content (AvgIpc) is 2.78. The molecule has 1 aromatic heterocycles. The summed E-state index contributed by atoms with van der Waals surface area (Å²) in [7, 11) is 0. The third kappa shape index (κ3) is 4.05. The number of carbonyl (C=O) groups is 1. The Morgan fingerprint density at radius 2 is 1.56 bits per heavy atom. The normalized spacial score (nSPS) is 10.8. The van der Waals surface area contributed by atoms with E-state index >= 15 is 0 Å². The van der Waals surface area contributed by atoms with Gasteiger partial charge in [-0.2, -0.15) is 5.10 Å². The molecule has 0 spiro atoms. The van der Waals surface area contributed by atoms with Crippen molar-refractivity contribution in [3.05, 3.63) is 111 Å². The highest BCUT2D eigenvalue weighted by molar-refractivity contribution is 6.06. The topological polar surface area (TPSA) is 64.0 Å². The van der Waals surface area contributed by atoms with Crippen molar-refractivity contribution in [2.75, 3.05) is 5.32 Å². The Hall–Kier alpha value is -4.13. The van der Waals surface area contributed by atoms with Gasteiger partial charge in [-0.3, -0.25) is 9.59 Å². The first-order chi connectivity index (χ1) is 15.3. The number of hydrogen-bond acceptors (Lipinski definition) is 3. The Balaban J connectivity index is 1.97. The lowest BCUT2D eigenvalue weighted by Gasteiger charge is -2.18. The lowest BCUT2D eigenvalue weighted by molar-refractivity contribution is 0.102. The number of hydrogen-bond donors (Lipinski definition) is 1. The van der Waals surface area contributed by atoms with Crippen molar-refractivity contribution in [2.24, 2.45) is 0 Å². The molecule has 7 heteroatoms. The van der Waals surface area contributed by atoms with E-state index in [1.807, 2.05) is 19.1 Å². The number of carbonyl (C=O) groups excluding carboxylic acids is 1. The minimum absolute atomic E-state index is 0.0596. The molecule has 1 N–H and O–H groups in total. The average molecular weight is 431 g/mol. The van der Waals surface area contributed by atoms with Gasteiger partial charge in [0.1, 0.15) is 23.1 Å². The molecule has 0 saturated carbocycles. The van der Waals surface area contributed by atoms with Crippen LogP contribution in [0.15, 0.2) is 77.6 Å². The Kier molecular flexibility index (Phi) is 5.64. The van der Waals surface area contributed by atoms with Crippen molar-refractivity contribution >= 4 is 11.7 Å². The fourth-order valence-electron chi connectivity index (χ4n) is 3.33. The highest BCUT2D eigenvalue weighted by Crippen LogP contribution is 2.28. The van der Waals surface area contributed by atoms with Crippen molar-refractivity contribution in [1.29, 1.82) is 0 Å². The van der Waals surface area contributed by atoms with Crippen LogP contribution in [0, 0.1) is 25.5 Å². The number of halogens is 2. The number of nitrogens with zero attached hydrogens (tertiary/aromatic N) is 2. The first-order valence-electron chi connectivity index (χ1n) is 9.88. The molecule has 4 rings (SSSR count). The third-order valence-corrected chi connectivity index (χ3v) is 5.02. The summed E-state index contributed by atoms with van der Waals surface area (Å²) in [5.41, 5.74) is 1.81. The second-order valence-electron chi connectivity index (χ2n) is 7.33. The summed E-state index contributed by atoms with van der Waals surface area (Å²) in [6, 6.07) is 18.2. The van der Waals surface area contributed by atoms with Crippen LogP contribution in [0.2, 0.25) is 0 Å². The lowest BCUT2D eigenvalue weighted by atomic mass is 10.0. The third-order valence-electron chi connectivity index (χ3n) is 5.02. The molecule has 0 fully saturated rings. The smallest absolute Gasteiger partial charge is 0.259 e. The maximum Gasteiger partial charge on any atom is 0.259 e. The van der Waals surface area contributed by atoms with E-state index < -0.39 is 17.5 Å². The molecule has 32 heavy (non-hydrogen) atoms. The maximum absolute atomic E-state index is 14.2. The first kappa shape index (κ1) is 21.1. The fraction of sp³-hybridized carbons (Fsp3) is 0.0800. The number of anilines is 1. The highest BCUT2D eigenvalue weighted by atomic mass is 19.1. The number of aromatic nitrogens is 2. The fourth-order valence-corrected chi connectivity index (χ4v) is 3.33. The van der Waals surface area contributed by atoms with E-state index in [0.717, 1.165) is 5.56 Å². The van der Waals surface area contributed by atoms with Crippen molar-refractivity contribution in [2.45, 2.75) is 13.8 Å². The molecule has 0 unspecified atom stereocenters. The predicted molar refractivity (Wildman–Crippen MR) is 119 cm³/mol. The van der Waals surface area contributed by atoms with Gasteiger partial charge in [0.2, 0.25) is 5.43 Å². The minimum atomic E-state index is -0.739.